The normalized spacial score (nSPS) is 11.0. The van der Waals surface area contributed by atoms with Gasteiger partial charge in [-0.3, -0.25) is 9.59 Å². The van der Waals surface area contributed by atoms with Gasteiger partial charge in [-0.1, -0.05) is 17.7 Å². The second kappa shape index (κ2) is 8.86. The van der Waals surface area contributed by atoms with Crippen LogP contribution in [0.5, 0.6) is 5.75 Å². The fourth-order valence-electron chi connectivity index (χ4n) is 2.24. The number of hydrogen-bond donors (Lipinski definition) is 2. The number of halogens is 2. The number of carbonyl (C=O) groups is 2. The molecule has 2 amide bonds. The van der Waals surface area contributed by atoms with Crippen LogP contribution in [-0.4, -0.2) is 30.5 Å². The van der Waals surface area contributed by atoms with Crippen LogP contribution < -0.4 is 15.4 Å². The van der Waals surface area contributed by atoms with Gasteiger partial charge in [0.25, 0.3) is 11.8 Å². The van der Waals surface area contributed by atoms with E-state index in [1.165, 1.54) is 6.07 Å². The summed E-state index contributed by atoms with van der Waals surface area (Å²) >= 11 is 5.83. The summed E-state index contributed by atoms with van der Waals surface area (Å²) in [5.74, 6) is -0.640. The molecule has 0 heterocycles. The Morgan fingerprint density at radius 2 is 1.70 bits per heavy atom. The molecule has 0 aromatic heterocycles. The lowest BCUT2D eigenvalue weighted by Crippen LogP contribution is -2.48. The predicted octanol–water partition coefficient (Wildman–Crippen LogP) is 3.49. The van der Waals surface area contributed by atoms with Gasteiger partial charge in [0, 0.05) is 23.7 Å². The summed E-state index contributed by atoms with van der Waals surface area (Å²) < 4.78 is 19.2. The van der Waals surface area contributed by atoms with E-state index >= 15 is 0 Å². The number of benzene rings is 2. The molecule has 0 bridgehead atoms. The Balaban J connectivity index is 1.79. The predicted molar refractivity (Wildman–Crippen MR) is 103 cm³/mol. The van der Waals surface area contributed by atoms with Crippen molar-refractivity contribution >= 4 is 23.4 Å². The molecule has 0 unspecified atom stereocenters. The number of amides is 2. The van der Waals surface area contributed by atoms with Crippen LogP contribution in [0.25, 0.3) is 0 Å². The highest BCUT2D eigenvalue weighted by Gasteiger charge is 2.29. The van der Waals surface area contributed by atoms with E-state index < -0.39 is 17.3 Å². The molecule has 2 aromatic rings. The van der Waals surface area contributed by atoms with Crippen molar-refractivity contribution in [1.82, 2.24) is 10.6 Å². The lowest BCUT2D eigenvalue weighted by atomic mass is 10.1. The summed E-state index contributed by atoms with van der Waals surface area (Å²) in [7, 11) is 0. The van der Waals surface area contributed by atoms with Gasteiger partial charge in [0.1, 0.15) is 11.6 Å². The van der Waals surface area contributed by atoms with E-state index in [4.69, 9.17) is 16.3 Å². The van der Waals surface area contributed by atoms with E-state index in [0.717, 1.165) is 0 Å². The van der Waals surface area contributed by atoms with Gasteiger partial charge in [-0.2, -0.15) is 0 Å². The number of hydrogen-bond acceptors (Lipinski definition) is 3. The topological polar surface area (TPSA) is 67.4 Å². The van der Waals surface area contributed by atoms with Gasteiger partial charge in [0.2, 0.25) is 0 Å². The summed E-state index contributed by atoms with van der Waals surface area (Å²) in [6.45, 7) is 5.33. The third-order valence-corrected chi connectivity index (χ3v) is 4.12. The largest absolute Gasteiger partial charge is 0.478 e. The van der Waals surface area contributed by atoms with Crippen molar-refractivity contribution in [1.29, 1.82) is 0 Å². The van der Waals surface area contributed by atoms with Crippen LogP contribution in [0.4, 0.5) is 4.39 Å². The lowest BCUT2D eigenvalue weighted by Gasteiger charge is -2.25. The Morgan fingerprint density at radius 1 is 1.07 bits per heavy atom. The first kappa shape index (κ1) is 20.7. The molecule has 0 aliphatic carbocycles. The molecule has 2 aromatic carbocycles. The quantitative estimate of drug-likeness (QED) is 0.709. The third kappa shape index (κ3) is 5.96. The van der Waals surface area contributed by atoms with Crippen LogP contribution in [0.1, 0.15) is 29.8 Å². The first-order chi connectivity index (χ1) is 12.7. The Bertz CT molecular complexity index is 822. The Labute approximate surface area is 162 Å². The second-order valence-electron chi connectivity index (χ2n) is 6.54. The van der Waals surface area contributed by atoms with Crippen molar-refractivity contribution in [2.75, 3.05) is 13.1 Å². The zero-order valence-corrected chi connectivity index (χ0v) is 16.2. The summed E-state index contributed by atoms with van der Waals surface area (Å²) in [6.07, 6.45) is 0. The molecular weight excluding hydrogens is 371 g/mol. The van der Waals surface area contributed by atoms with Crippen LogP contribution >= 0.6 is 11.6 Å². The zero-order valence-electron chi connectivity index (χ0n) is 15.4. The first-order valence-electron chi connectivity index (χ1n) is 8.46. The van der Waals surface area contributed by atoms with E-state index in [1.807, 2.05) is 0 Å². The molecule has 0 spiro atoms. The van der Waals surface area contributed by atoms with Crippen LogP contribution in [0.3, 0.4) is 0 Å². The summed E-state index contributed by atoms with van der Waals surface area (Å²) in [5, 5.41) is 5.91. The summed E-state index contributed by atoms with van der Waals surface area (Å²) in [5.41, 5.74) is -0.393. The molecule has 0 radical (unpaired) electrons. The van der Waals surface area contributed by atoms with Crippen LogP contribution in [0.15, 0.2) is 42.5 Å². The zero-order chi connectivity index (χ0) is 20.0. The van der Waals surface area contributed by atoms with Gasteiger partial charge in [-0.05, 0) is 62.7 Å². The van der Waals surface area contributed by atoms with Crippen molar-refractivity contribution in [2.24, 2.45) is 0 Å². The lowest BCUT2D eigenvalue weighted by molar-refractivity contribution is -0.134. The molecule has 0 aliphatic heterocycles. The van der Waals surface area contributed by atoms with E-state index in [9.17, 15) is 14.0 Å². The van der Waals surface area contributed by atoms with Gasteiger partial charge in [0.05, 0.1) is 0 Å². The maximum absolute atomic E-state index is 13.5. The van der Waals surface area contributed by atoms with Crippen molar-refractivity contribution in [3.63, 3.8) is 0 Å². The molecule has 0 saturated heterocycles. The number of nitrogens with one attached hydrogen (secondary N) is 2. The van der Waals surface area contributed by atoms with Crippen LogP contribution in [-0.2, 0) is 4.79 Å². The number of rotatable bonds is 7. The number of ether oxygens (including phenoxy) is 1. The molecule has 2 rings (SSSR count). The average molecular weight is 393 g/mol. The van der Waals surface area contributed by atoms with E-state index in [-0.39, 0.29) is 24.6 Å². The standard InChI is InChI=1S/C20H22ClFN2O3/c1-13-4-5-14(12-17(13)22)18(25)23-10-11-24-19(26)20(2,3)27-16-8-6-15(21)7-9-16/h4-9,12H,10-11H2,1-3H3,(H,23,25)(H,24,26). The fraction of sp³-hybridized carbons (Fsp3) is 0.300. The van der Waals surface area contributed by atoms with Crippen molar-refractivity contribution < 1.29 is 18.7 Å². The molecule has 5 nitrogen and oxygen atoms in total. The van der Waals surface area contributed by atoms with E-state index in [0.29, 0.717) is 16.3 Å². The van der Waals surface area contributed by atoms with Gasteiger partial charge in [0.15, 0.2) is 5.60 Å². The Kier molecular flexibility index (Phi) is 6.80. The molecule has 7 heteroatoms. The number of aryl methyl sites for hydroxylation is 1. The second-order valence-corrected chi connectivity index (χ2v) is 6.98. The molecule has 0 atom stereocenters. The Morgan fingerprint density at radius 3 is 2.33 bits per heavy atom. The summed E-state index contributed by atoms with van der Waals surface area (Å²) in [6, 6.07) is 11.0. The minimum absolute atomic E-state index is 0.205. The monoisotopic (exact) mass is 392 g/mol. The molecule has 0 saturated carbocycles. The highest BCUT2D eigenvalue weighted by atomic mass is 35.5. The molecule has 0 aliphatic rings. The molecular formula is C20H22ClFN2O3. The third-order valence-electron chi connectivity index (χ3n) is 3.86. The first-order valence-corrected chi connectivity index (χ1v) is 8.84. The SMILES string of the molecule is Cc1ccc(C(=O)NCCNC(=O)C(C)(C)Oc2ccc(Cl)cc2)cc1F. The minimum atomic E-state index is -1.10. The number of carbonyl (C=O) groups excluding carboxylic acids is 2. The molecule has 27 heavy (non-hydrogen) atoms. The van der Waals surface area contributed by atoms with Gasteiger partial charge >= 0.3 is 0 Å². The minimum Gasteiger partial charge on any atom is -0.478 e. The summed E-state index contributed by atoms with van der Waals surface area (Å²) in [4.78, 5) is 24.3. The van der Waals surface area contributed by atoms with E-state index in [2.05, 4.69) is 10.6 Å². The van der Waals surface area contributed by atoms with Crippen molar-refractivity contribution in [3.8, 4) is 5.75 Å². The highest BCUT2D eigenvalue weighted by molar-refractivity contribution is 6.30. The fourth-order valence-corrected chi connectivity index (χ4v) is 2.37. The van der Waals surface area contributed by atoms with Crippen molar-refractivity contribution in [2.45, 2.75) is 26.4 Å². The van der Waals surface area contributed by atoms with Gasteiger partial charge < -0.3 is 15.4 Å². The van der Waals surface area contributed by atoms with Crippen LogP contribution in [0, 0.1) is 12.7 Å². The van der Waals surface area contributed by atoms with Gasteiger partial charge in [-0.25, -0.2) is 4.39 Å². The van der Waals surface area contributed by atoms with Crippen molar-refractivity contribution in [3.05, 3.63) is 64.4 Å². The molecule has 144 valence electrons. The van der Waals surface area contributed by atoms with E-state index in [1.54, 1.807) is 57.2 Å². The van der Waals surface area contributed by atoms with Gasteiger partial charge in [-0.15, -0.1) is 0 Å². The molecule has 2 N–H and O–H groups in total. The van der Waals surface area contributed by atoms with Crippen LogP contribution in [0.2, 0.25) is 5.02 Å². The molecule has 0 fully saturated rings. The smallest absolute Gasteiger partial charge is 0.263 e. The Hall–Kier alpha value is -2.60. The average Bonchev–Trinajstić information content (AvgIpc) is 2.62. The maximum Gasteiger partial charge on any atom is 0.263 e. The maximum atomic E-state index is 13.5. The highest BCUT2D eigenvalue weighted by Crippen LogP contribution is 2.20.